The number of rotatable bonds is 6. The van der Waals surface area contributed by atoms with Crippen LogP contribution < -0.4 is 0 Å². The van der Waals surface area contributed by atoms with E-state index in [9.17, 15) is 19.5 Å². The van der Waals surface area contributed by atoms with Crippen molar-refractivity contribution < 1.29 is 19.5 Å². The first-order chi connectivity index (χ1) is 15.0. The molecule has 31 heavy (non-hydrogen) atoms. The Bertz CT molecular complexity index is 870. The van der Waals surface area contributed by atoms with Crippen molar-refractivity contribution in [2.75, 3.05) is 39.3 Å². The van der Waals surface area contributed by atoms with E-state index in [1.54, 1.807) is 0 Å². The second-order valence-corrected chi connectivity index (χ2v) is 9.35. The van der Waals surface area contributed by atoms with Crippen molar-refractivity contribution in [1.29, 1.82) is 0 Å². The van der Waals surface area contributed by atoms with Crippen LogP contribution in [0.4, 0.5) is 0 Å². The highest BCUT2D eigenvalue weighted by Crippen LogP contribution is 2.40. The lowest BCUT2D eigenvalue weighted by Gasteiger charge is -2.58. The Hall–Kier alpha value is -2.29. The first kappa shape index (κ1) is 20.6. The largest absolute Gasteiger partial charge is 0.392 e. The van der Waals surface area contributed by atoms with Gasteiger partial charge in [-0.05, 0) is 24.8 Å². The maximum absolute atomic E-state index is 13.6. The minimum absolute atomic E-state index is 0.139. The van der Waals surface area contributed by atoms with Gasteiger partial charge in [0.1, 0.15) is 5.54 Å². The maximum atomic E-state index is 13.6. The van der Waals surface area contributed by atoms with Gasteiger partial charge in [0.05, 0.1) is 12.1 Å². The highest BCUT2D eigenvalue weighted by atomic mass is 16.3. The van der Waals surface area contributed by atoms with Gasteiger partial charge in [-0.25, -0.2) is 0 Å². The predicted octanol–water partition coefficient (Wildman–Crippen LogP) is 0.0575. The average molecular weight is 427 g/mol. The number of piperazine rings is 1. The number of aliphatic hydroxyl groups excluding tert-OH is 1. The van der Waals surface area contributed by atoms with Crippen LogP contribution >= 0.6 is 0 Å². The van der Waals surface area contributed by atoms with Gasteiger partial charge in [0, 0.05) is 52.2 Å². The molecule has 8 nitrogen and oxygen atoms in total. The number of nitrogens with zero attached hydrogens (tertiary/aromatic N) is 4. The summed E-state index contributed by atoms with van der Waals surface area (Å²) < 4.78 is 0. The summed E-state index contributed by atoms with van der Waals surface area (Å²) in [6, 6.07) is 9.72. The summed E-state index contributed by atoms with van der Waals surface area (Å²) in [6.45, 7) is 3.96. The fourth-order valence-electron chi connectivity index (χ4n) is 5.71. The number of hydrogen-bond acceptors (Lipinski definition) is 6. The maximum Gasteiger partial charge on any atom is 0.252 e. The van der Waals surface area contributed by atoms with Crippen molar-refractivity contribution in [2.24, 2.45) is 0 Å². The van der Waals surface area contributed by atoms with Crippen LogP contribution in [0.15, 0.2) is 30.3 Å². The predicted molar refractivity (Wildman–Crippen MR) is 113 cm³/mol. The molecule has 5 rings (SSSR count). The summed E-state index contributed by atoms with van der Waals surface area (Å²) in [5, 5.41) is 10.3. The molecule has 166 valence electrons. The van der Waals surface area contributed by atoms with Gasteiger partial charge in [0.25, 0.3) is 5.91 Å². The van der Waals surface area contributed by atoms with Gasteiger partial charge in [0.2, 0.25) is 11.8 Å². The summed E-state index contributed by atoms with van der Waals surface area (Å²) >= 11 is 0. The van der Waals surface area contributed by atoms with Crippen LogP contribution in [0.3, 0.4) is 0 Å². The summed E-state index contributed by atoms with van der Waals surface area (Å²) in [4.78, 5) is 46.0. The Morgan fingerprint density at radius 3 is 2.55 bits per heavy atom. The molecule has 0 saturated carbocycles. The molecule has 1 aromatic carbocycles. The van der Waals surface area contributed by atoms with Crippen LogP contribution in [0.2, 0.25) is 0 Å². The smallest absolute Gasteiger partial charge is 0.252 e. The van der Waals surface area contributed by atoms with E-state index in [-0.39, 0.29) is 17.7 Å². The fraction of sp³-hybridized carbons (Fsp3) is 0.609. The Balaban J connectivity index is 1.28. The zero-order valence-corrected chi connectivity index (χ0v) is 17.8. The van der Waals surface area contributed by atoms with E-state index >= 15 is 0 Å². The lowest BCUT2D eigenvalue weighted by Crippen LogP contribution is -2.81. The molecular formula is C23H30N4O4. The Morgan fingerprint density at radius 2 is 1.84 bits per heavy atom. The summed E-state index contributed by atoms with van der Waals surface area (Å²) in [6.07, 6.45) is 1.88. The number of fused-ring (bicyclic) bond motifs is 2. The Kier molecular flexibility index (Phi) is 5.32. The number of carbonyl (C=O) groups is 3. The summed E-state index contributed by atoms with van der Waals surface area (Å²) in [7, 11) is 0. The summed E-state index contributed by atoms with van der Waals surface area (Å²) in [5.41, 5.74) is 0.468. The van der Waals surface area contributed by atoms with Gasteiger partial charge in [-0.1, -0.05) is 30.3 Å². The normalized spacial score (nSPS) is 28.5. The van der Waals surface area contributed by atoms with Crippen molar-refractivity contribution >= 4 is 17.7 Å². The second kappa shape index (κ2) is 8.00. The van der Waals surface area contributed by atoms with Crippen LogP contribution in [0, 0.1) is 0 Å². The number of likely N-dealkylation sites (tertiary alicyclic amines) is 2. The molecule has 8 heteroatoms. The van der Waals surface area contributed by atoms with E-state index in [4.69, 9.17) is 0 Å². The molecule has 4 saturated heterocycles. The molecule has 4 aliphatic heterocycles. The molecule has 0 unspecified atom stereocenters. The van der Waals surface area contributed by atoms with Crippen LogP contribution in [0.1, 0.15) is 31.2 Å². The quantitative estimate of drug-likeness (QED) is 0.648. The lowest BCUT2D eigenvalue weighted by molar-refractivity contribution is -0.180. The number of aliphatic hydroxyl groups is 1. The van der Waals surface area contributed by atoms with Crippen LogP contribution in [0.25, 0.3) is 0 Å². The zero-order valence-electron chi connectivity index (χ0n) is 17.8. The molecule has 1 spiro atoms. The van der Waals surface area contributed by atoms with Crippen molar-refractivity contribution in [2.45, 2.75) is 49.9 Å². The van der Waals surface area contributed by atoms with Crippen LogP contribution in [-0.2, 0) is 20.9 Å². The highest BCUT2D eigenvalue weighted by Gasteiger charge is 2.64. The molecule has 2 atom stereocenters. The van der Waals surface area contributed by atoms with Crippen molar-refractivity contribution in [1.82, 2.24) is 19.6 Å². The molecule has 1 N–H and O–H groups in total. The Morgan fingerprint density at radius 1 is 1.06 bits per heavy atom. The van der Waals surface area contributed by atoms with E-state index in [2.05, 4.69) is 17.0 Å². The molecule has 0 bridgehead atoms. The standard InChI is InChI=1S/C23H30N4O4/c28-18-12-19-21(30)26(11-5-10-25-9-4-8-20(25)29)22(31)23(27(19)14-18)15-24(16-23)13-17-6-2-1-3-7-17/h1-3,6-7,18-19,28H,4-5,8-16H2/t18-,19+/m1/s1. The minimum atomic E-state index is -0.728. The van der Waals surface area contributed by atoms with Crippen LogP contribution in [0.5, 0.6) is 0 Å². The van der Waals surface area contributed by atoms with Gasteiger partial charge < -0.3 is 10.0 Å². The van der Waals surface area contributed by atoms with Gasteiger partial charge in [0.15, 0.2) is 0 Å². The molecular weight excluding hydrogens is 396 g/mol. The van der Waals surface area contributed by atoms with E-state index in [0.29, 0.717) is 52.0 Å². The first-order valence-corrected chi connectivity index (χ1v) is 11.3. The highest BCUT2D eigenvalue weighted by molar-refractivity contribution is 6.06. The topological polar surface area (TPSA) is 84.4 Å². The number of amides is 3. The number of β-amino-alcohol motifs (C(OH)–C–C–N with tert-alkyl or cyclic N) is 1. The Labute approximate surface area is 182 Å². The molecule has 0 radical (unpaired) electrons. The molecule has 4 aliphatic rings. The summed E-state index contributed by atoms with van der Waals surface area (Å²) in [5.74, 6) is -0.172. The van der Waals surface area contributed by atoms with Gasteiger partial charge in [-0.3, -0.25) is 29.1 Å². The SMILES string of the molecule is O=C1CCCN1CCCN1C(=O)[C@@H]2C[C@@H](O)CN2C2(CN(Cc3ccccc3)C2)C1=O. The number of imide groups is 1. The zero-order chi connectivity index (χ0) is 21.6. The lowest BCUT2D eigenvalue weighted by atomic mass is 9.82. The van der Waals surface area contributed by atoms with E-state index in [1.807, 2.05) is 28.0 Å². The van der Waals surface area contributed by atoms with E-state index < -0.39 is 17.7 Å². The minimum Gasteiger partial charge on any atom is -0.392 e. The third-order valence-corrected chi connectivity index (χ3v) is 7.22. The van der Waals surface area contributed by atoms with Crippen LogP contribution in [-0.4, -0.2) is 99.4 Å². The third-order valence-electron chi connectivity index (χ3n) is 7.22. The fourth-order valence-corrected chi connectivity index (χ4v) is 5.71. The van der Waals surface area contributed by atoms with Crippen molar-refractivity contribution in [3.63, 3.8) is 0 Å². The van der Waals surface area contributed by atoms with Crippen molar-refractivity contribution in [3.05, 3.63) is 35.9 Å². The molecule has 4 fully saturated rings. The number of carbonyl (C=O) groups excluding carboxylic acids is 3. The number of hydrogen-bond donors (Lipinski definition) is 1. The number of benzene rings is 1. The third kappa shape index (κ3) is 3.56. The second-order valence-electron chi connectivity index (χ2n) is 9.35. The van der Waals surface area contributed by atoms with Gasteiger partial charge in [-0.2, -0.15) is 0 Å². The molecule has 1 aromatic rings. The monoisotopic (exact) mass is 426 g/mol. The van der Waals surface area contributed by atoms with Crippen molar-refractivity contribution in [3.8, 4) is 0 Å². The first-order valence-electron chi connectivity index (χ1n) is 11.3. The molecule has 3 amide bonds. The molecule has 4 heterocycles. The average Bonchev–Trinajstić information content (AvgIpc) is 3.32. The van der Waals surface area contributed by atoms with Gasteiger partial charge >= 0.3 is 0 Å². The van der Waals surface area contributed by atoms with E-state index in [1.165, 1.54) is 10.5 Å². The molecule has 0 aliphatic carbocycles. The molecule has 0 aromatic heterocycles. The van der Waals surface area contributed by atoms with Gasteiger partial charge in [-0.15, -0.1) is 0 Å². The van der Waals surface area contributed by atoms with E-state index in [0.717, 1.165) is 19.5 Å².